The van der Waals surface area contributed by atoms with Gasteiger partial charge in [0.05, 0.1) is 5.75 Å². The number of benzene rings is 2. The van der Waals surface area contributed by atoms with E-state index in [2.05, 4.69) is 5.32 Å². The maximum Gasteiger partial charge on any atom is 0.234 e. The minimum atomic E-state index is -0.294. The van der Waals surface area contributed by atoms with Gasteiger partial charge in [-0.15, -0.1) is 11.8 Å². The normalized spacial score (nSPS) is 10.3. The van der Waals surface area contributed by atoms with Gasteiger partial charge >= 0.3 is 0 Å². The van der Waals surface area contributed by atoms with Crippen molar-refractivity contribution in [3.05, 3.63) is 59.4 Å². The fourth-order valence-electron chi connectivity index (χ4n) is 1.76. The number of thioether (sulfide) groups is 1. The van der Waals surface area contributed by atoms with Crippen LogP contribution in [-0.4, -0.2) is 11.7 Å². The summed E-state index contributed by atoms with van der Waals surface area (Å²) in [6.45, 7) is 3.92. The Morgan fingerprint density at radius 1 is 1.20 bits per heavy atom. The third-order valence-corrected chi connectivity index (χ3v) is 3.91. The zero-order valence-electron chi connectivity index (χ0n) is 11.4. The van der Waals surface area contributed by atoms with E-state index in [0.29, 0.717) is 4.90 Å². The first-order valence-corrected chi connectivity index (χ1v) is 7.29. The van der Waals surface area contributed by atoms with Crippen LogP contribution in [0, 0.1) is 19.7 Å². The molecular formula is C16H16FNOS. The Hall–Kier alpha value is -1.81. The Morgan fingerprint density at radius 3 is 2.70 bits per heavy atom. The first kappa shape index (κ1) is 14.6. The zero-order chi connectivity index (χ0) is 14.5. The Labute approximate surface area is 122 Å². The number of nitrogens with one attached hydrogen (secondary N) is 1. The van der Waals surface area contributed by atoms with Gasteiger partial charge in [0.25, 0.3) is 0 Å². The Bertz CT molecular complexity index is 628. The lowest BCUT2D eigenvalue weighted by molar-refractivity contribution is -0.113. The predicted octanol–water partition coefficient (Wildman–Crippen LogP) is 4.17. The van der Waals surface area contributed by atoms with E-state index < -0.39 is 0 Å². The van der Waals surface area contributed by atoms with E-state index in [0.717, 1.165) is 16.8 Å². The van der Waals surface area contributed by atoms with E-state index in [1.807, 2.05) is 32.0 Å². The number of carbonyl (C=O) groups is 1. The number of amides is 1. The van der Waals surface area contributed by atoms with E-state index in [9.17, 15) is 9.18 Å². The summed E-state index contributed by atoms with van der Waals surface area (Å²) in [5.74, 6) is -0.238. The molecule has 104 valence electrons. The van der Waals surface area contributed by atoms with Gasteiger partial charge in [0.15, 0.2) is 0 Å². The van der Waals surface area contributed by atoms with Crippen molar-refractivity contribution in [1.29, 1.82) is 0 Å². The van der Waals surface area contributed by atoms with Crippen molar-refractivity contribution in [3.8, 4) is 0 Å². The van der Waals surface area contributed by atoms with E-state index >= 15 is 0 Å². The molecule has 0 saturated heterocycles. The summed E-state index contributed by atoms with van der Waals surface area (Å²) in [5, 5.41) is 2.86. The van der Waals surface area contributed by atoms with E-state index in [1.54, 1.807) is 18.2 Å². The maximum absolute atomic E-state index is 13.4. The highest BCUT2D eigenvalue weighted by molar-refractivity contribution is 8.00. The lowest BCUT2D eigenvalue weighted by atomic mass is 10.1. The molecule has 0 fully saturated rings. The molecule has 0 aliphatic heterocycles. The highest BCUT2D eigenvalue weighted by Crippen LogP contribution is 2.22. The molecule has 0 aliphatic rings. The van der Waals surface area contributed by atoms with Crippen LogP contribution in [0.1, 0.15) is 11.1 Å². The molecule has 2 rings (SSSR count). The third-order valence-electron chi connectivity index (χ3n) is 2.86. The fourth-order valence-corrected chi connectivity index (χ4v) is 2.50. The van der Waals surface area contributed by atoms with Crippen LogP contribution in [-0.2, 0) is 4.79 Å². The molecule has 0 spiro atoms. The van der Waals surface area contributed by atoms with Gasteiger partial charge in [0, 0.05) is 10.6 Å². The lowest BCUT2D eigenvalue weighted by Gasteiger charge is -2.09. The second-order valence-electron chi connectivity index (χ2n) is 4.59. The van der Waals surface area contributed by atoms with Crippen molar-refractivity contribution in [1.82, 2.24) is 0 Å². The van der Waals surface area contributed by atoms with Gasteiger partial charge in [0.2, 0.25) is 5.91 Å². The number of halogens is 1. The largest absolute Gasteiger partial charge is 0.325 e. The molecule has 4 heteroatoms. The molecule has 1 amide bonds. The predicted molar refractivity (Wildman–Crippen MR) is 81.7 cm³/mol. The summed E-state index contributed by atoms with van der Waals surface area (Å²) in [4.78, 5) is 12.4. The van der Waals surface area contributed by atoms with Crippen molar-refractivity contribution < 1.29 is 9.18 Å². The van der Waals surface area contributed by atoms with Gasteiger partial charge in [0.1, 0.15) is 5.82 Å². The number of rotatable bonds is 4. The van der Waals surface area contributed by atoms with Crippen LogP contribution in [0.4, 0.5) is 10.1 Å². The van der Waals surface area contributed by atoms with E-state index in [-0.39, 0.29) is 17.5 Å². The van der Waals surface area contributed by atoms with Crippen molar-refractivity contribution >= 4 is 23.4 Å². The molecule has 2 aromatic carbocycles. The van der Waals surface area contributed by atoms with Gasteiger partial charge in [-0.1, -0.05) is 24.3 Å². The van der Waals surface area contributed by atoms with Gasteiger partial charge in [-0.2, -0.15) is 0 Å². The van der Waals surface area contributed by atoms with Gasteiger partial charge < -0.3 is 5.32 Å². The summed E-state index contributed by atoms with van der Waals surface area (Å²) in [6.07, 6.45) is 0. The van der Waals surface area contributed by atoms with Crippen molar-refractivity contribution in [3.63, 3.8) is 0 Å². The average molecular weight is 289 g/mol. The Morgan fingerprint density at radius 2 is 1.95 bits per heavy atom. The Balaban J connectivity index is 1.96. The molecule has 0 radical (unpaired) electrons. The standard InChI is InChI=1S/C16H16FNOS/c1-11-7-8-12(2)14(9-11)18-16(19)10-20-15-6-4-3-5-13(15)17/h3-9H,10H2,1-2H3,(H,18,19). The first-order chi connectivity index (χ1) is 9.56. The molecule has 0 saturated carbocycles. The highest BCUT2D eigenvalue weighted by atomic mass is 32.2. The molecule has 2 nitrogen and oxygen atoms in total. The van der Waals surface area contributed by atoms with Crippen LogP contribution in [0.15, 0.2) is 47.4 Å². The summed E-state index contributed by atoms with van der Waals surface area (Å²) in [7, 11) is 0. The number of hydrogen-bond acceptors (Lipinski definition) is 2. The second kappa shape index (κ2) is 6.57. The number of aryl methyl sites for hydroxylation is 2. The van der Waals surface area contributed by atoms with Crippen LogP contribution in [0.25, 0.3) is 0 Å². The van der Waals surface area contributed by atoms with Crippen LogP contribution < -0.4 is 5.32 Å². The minimum Gasteiger partial charge on any atom is -0.325 e. The van der Waals surface area contributed by atoms with Gasteiger partial charge in [-0.3, -0.25) is 4.79 Å². The van der Waals surface area contributed by atoms with Crippen LogP contribution >= 0.6 is 11.8 Å². The molecule has 0 heterocycles. The third kappa shape index (κ3) is 3.84. The average Bonchev–Trinajstić information content (AvgIpc) is 2.42. The molecule has 0 atom stereocenters. The SMILES string of the molecule is Cc1ccc(C)c(NC(=O)CSc2ccccc2F)c1. The quantitative estimate of drug-likeness (QED) is 0.856. The lowest BCUT2D eigenvalue weighted by Crippen LogP contribution is -2.15. The minimum absolute atomic E-state index is 0.132. The smallest absolute Gasteiger partial charge is 0.234 e. The van der Waals surface area contributed by atoms with Gasteiger partial charge in [-0.05, 0) is 43.2 Å². The van der Waals surface area contributed by atoms with Crippen LogP contribution in [0.2, 0.25) is 0 Å². The molecule has 20 heavy (non-hydrogen) atoms. The zero-order valence-corrected chi connectivity index (χ0v) is 12.3. The van der Waals surface area contributed by atoms with Crippen LogP contribution in [0.3, 0.4) is 0 Å². The number of hydrogen-bond donors (Lipinski definition) is 1. The molecule has 0 bridgehead atoms. The highest BCUT2D eigenvalue weighted by Gasteiger charge is 2.08. The topological polar surface area (TPSA) is 29.1 Å². The molecular weight excluding hydrogens is 273 g/mol. The van der Waals surface area contributed by atoms with Gasteiger partial charge in [-0.25, -0.2) is 4.39 Å². The molecule has 2 aromatic rings. The summed E-state index contributed by atoms with van der Waals surface area (Å²) < 4.78 is 13.4. The molecule has 1 N–H and O–H groups in total. The van der Waals surface area contributed by atoms with Crippen molar-refractivity contribution in [2.24, 2.45) is 0 Å². The summed E-state index contributed by atoms with van der Waals surface area (Å²) in [5.41, 5.74) is 2.91. The maximum atomic E-state index is 13.4. The number of carbonyl (C=O) groups excluding carboxylic acids is 1. The Kier molecular flexibility index (Phi) is 4.79. The monoisotopic (exact) mass is 289 g/mol. The van der Waals surface area contributed by atoms with E-state index in [1.165, 1.54) is 17.8 Å². The van der Waals surface area contributed by atoms with E-state index in [4.69, 9.17) is 0 Å². The fraction of sp³-hybridized carbons (Fsp3) is 0.188. The first-order valence-electron chi connectivity index (χ1n) is 6.30. The molecule has 0 unspecified atom stereocenters. The summed E-state index contributed by atoms with van der Waals surface area (Å²) in [6, 6.07) is 12.4. The second-order valence-corrected chi connectivity index (χ2v) is 5.60. The molecule has 0 aliphatic carbocycles. The van der Waals surface area contributed by atoms with Crippen molar-refractivity contribution in [2.75, 3.05) is 11.1 Å². The van der Waals surface area contributed by atoms with Crippen molar-refractivity contribution in [2.45, 2.75) is 18.7 Å². The number of anilines is 1. The molecule has 0 aromatic heterocycles. The van der Waals surface area contributed by atoms with Crippen LogP contribution in [0.5, 0.6) is 0 Å². The summed E-state index contributed by atoms with van der Waals surface area (Å²) >= 11 is 1.20.